The molecule has 1 aromatic rings. The Balaban J connectivity index is 3.03. The van der Waals surface area contributed by atoms with Crippen molar-refractivity contribution in [3.63, 3.8) is 0 Å². The van der Waals surface area contributed by atoms with Gasteiger partial charge in [0.2, 0.25) is 10.0 Å². The number of aryl methyl sites for hydroxylation is 1. The highest BCUT2D eigenvalue weighted by Gasteiger charge is 2.26. The molecule has 0 bridgehead atoms. The summed E-state index contributed by atoms with van der Waals surface area (Å²) in [6.07, 6.45) is 2.05. The number of aliphatic carboxylic acids is 1. The van der Waals surface area contributed by atoms with Gasteiger partial charge in [-0.1, -0.05) is 17.7 Å². The lowest BCUT2D eigenvalue weighted by atomic mass is 10.2. The molecule has 0 aliphatic heterocycles. The van der Waals surface area contributed by atoms with Crippen molar-refractivity contribution in [2.24, 2.45) is 0 Å². The summed E-state index contributed by atoms with van der Waals surface area (Å²) in [5, 5.41) is 9.36. The third-order valence-electron chi connectivity index (χ3n) is 2.65. The average Bonchev–Trinajstić information content (AvgIpc) is 2.36. The van der Waals surface area contributed by atoms with E-state index in [-0.39, 0.29) is 16.3 Å². The van der Waals surface area contributed by atoms with Crippen LogP contribution in [0.1, 0.15) is 12.0 Å². The van der Waals surface area contributed by atoms with Crippen molar-refractivity contribution in [1.29, 1.82) is 0 Å². The van der Waals surface area contributed by atoms with Gasteiger partial charge in [-0.15, -0.1) is 0 Å². The number of benzene rings is 1. The number of halogens is 1. The van der Waals surface area contributed by atoms with Gasteiger partial charge < -0.3 is 5.11 Å². The van der Waals surface area contributed by atoms with Crippen LogP contribution in [0.5, 0.6) is 0 Å². The minimum Gasteiger partial charge on any atom is -0.480 e. The van der Waals surface area contributed by atoms with E-state index in [0.717, 1.165) is 0 Å². The minimum absolute atomic E-state index is 0.000372. The Labute approximate surface area is 127 Å². The minimum atomic E-state index is -3.91. The van der Waals surface area contributed by atoms with Crippen LogP contribution in [0.15, 0.2) is 23.1 Å². The molecular weight excluding hydrogens is 322 g/mol. The van der Waals surface area contributed by atoms with Gasteiger partial charge >= 0.3 is 5.97 Å². The molecular formula is C12H16ClNO4S2. The molecule has 0 spiro atoms. The summed E-state index contributed by atoms with van der Waals surface area (Å²) in [4.78, 5) is 11.1. The predicted molar refractivity (Wildman–Crippen MR) is 80.9 cm³/mol. The summed E-state index contributed by atoms with van der Waals surface area (Å²) in [6, 6.07) is 3.32. The van der Waals surface area contributed by atoms with Gasteiger partial charge in [0.15, 0.2) is 0 Å². The maximum atomic E-state index is 12.2. The maximum absolute atomic E-state index is 12.2. The highest BCUT2D eigenvalue weighted by Crippen LogP contribution is 2.20. The highest BCUT2D eigenvalue weighted by atomic mass is 35.5. The highest BCUT2D eigenvalue weighted by molar-refractivity contribution is 7.98. The van der Waals surface area contributed by atoms with Gasteiger partial charge in [0.25, 0.3) is 0 Å². The molecule has 0 fully saturated rings. The first-order chi connectivity index (χ1) is 9.27. The third kappa shape index (κ3) is 4.66. The van der Waals surface area contributed by atoms with E-state index < -0.39 is 22.0 Å². The number of carboxylic acids is 1. The fourth-order valence-electron chi connectivity index (χ4n) is 1.58. The van der Waals surface area contributed by atoms with Gasteiger partial charge in [0.1, 0.15) is 6.04 Å². The Morgan fingerprint density at radius 2 is 2.15 bits per heavy atom. The Hall–Kier alpha value is -0.760. The van der Waals surface area contributed by atoms with E-state index in [0.29, 0.717) is 11.3 Å². The first-order valence-electron chi connectivity index (χ1n) is 5.78. The quantitative estimate of drug-likeness (QED) is 0.796. The molecule has 1 atom stereocenters. The zero-order valence-electron chi connectivity index (χ0n) is 11.1. The molecule has 0 aliphatic carbocycles. The Morgan fingerprint density at radius 3 is 2.70 bits per heavy atom. The van der Waals surface area contributed by atoms with E-state index in [9.17, 15) is 13.2 Å². The Morgan fingerprint density at radius 1 is 1.50 bits per heavy atom. The zero-order chi connectivity index (χ0) is 15.3. The second-order valence-electron chi connectivity index (χ2n) is 4.20. The monoisotopic (exact) mass is 337 g/mol. The predicted octanol–water partition coefficient (Wildman–Crippen LogP) is 2.13. The molecule has 0 heterocycles. The van der Waals surface area contributed by atoms with Gasteiger partial charge in [0, 0.05) is 5.02 Å². The van der Waals surface area contributed by atoms with Crippen LogP contribution in [0.3, 0.4) is 0 Å². The van der Waals surface area contributed by atoms with Crippen LogP contribution in [0.4, 0.5) is 0 Å². The molecule has 0 aromatic heterocycles. The molecule has 20 heavy (non-hydrogen) atoms. The van der Waals surface area contributed by atoms with E-state index in [4.69, 9.17) is 16.7 Å². The van der Waals surface area contributed by atoms with Crippen molar-refractivity contribution in [1.82, 2.24) is 4.72 Å². The van der Waals surface area contributed by atoms with Crippen LogP contribution in [-0.4, -0.2) is 37.5 Å². The average molecular weight is 338 g/mol. The lowest BCUT2D eigenvalue weighted by Crippen LogP contribution is -2.41. The van der Waals surface area contributed by atoms with Crippen molar-refractivity contribution >= 4 is 39.4 Å². The summed E-state index contributed by atoms with van der Waals surface area (Å²) in [7, 11) is -3.91. The normalized spacial score (nSPS) is 13.2. The molecule has 0 unspecified atom stereocenters. The number of hydrogen-bond acceptors (Lipinski definition) is 4. The first kappa shape index (κ1) is 17.3. The SMILES string of the molecule is CSCC[C@H](NS(=O)(=O)c1cc(Cl)ccc1C)C(=O)O. The van der Waals surface area contributed by atoms with E-state index >= 15 is 0 Å². The third-order valence-corrected chi connectivity index (χ3v) is 5.14. The molecule has 0 aliphatic rings. The summed E-state index contributed by atoms with van der Waals surface area (Å²) < 4.78 is 26.7. The number of nitrogens with one attached hydrogen (secondary N) is 1. The molecule has 2 N–H and O–H groups in total. The number of carboxylic acid groups (broad SMARTS) is 1. The standard InChI is InChI=1S/C12H16ClNO4S2/c1-8-3-4-9(13)7-11(8)20(17,18)14-10(12(15)16)5-6-19-2/h3-4,7,10,14H,5-6H2,1-2H3,(H,15,16)/t10-/m0/s1. The van der Waals surface area contributed by atoms with Crippen LogP contribution in [0, 0.1) is 6.92 Å². The molecule has 0 saturated heterocycles. The number of rotatable bonds is 7. The molecule has 0 radical (unpaired) electrons. The molecule has 0 saturated carbocycles. The summed E-state index contributed by atoms with van der Waals surface area (Å²) in [5.74, 6) is -0.643. The zero-order valence-corrected chi connectivity index (χ0v) is 13.5. The van der Waals surface area contributed by atoms with Crippen LogP contribution < -0.4 is 4.72 Å². The fraction of sp³-hybridized carbons (Fsp3) is 0.417. The van der Waals surface area contributed by atoms with Crippen LogP contribution in [0.25, 0.3) is 0 Å². The van der Waals surface area contributed by atoms with Gasteiger partial charge in [-0.25, -0.2) is 8.42 Å². The molecule has 0 amide bonds. The topological polar surface area (TPSA) is 83.5 Å². The lowest BCUT2D eigenvalue weighted by molar-refractivity contribution is -0.139. The van der Waals surface area contributed by atoms with Crippen LogP contribution in [0.2, 0.25) is 5.02 Å². The maximum Gasteiger partial charge on any atom is 0.321 e. The second-order valence-corrected chi connectivity index (χ2v) is 7.31. The summed E-state index contributed by atoms with van der Waals surface area (Å²) >= 11 is 7.25. The molecule has 112 valence electrons. The van der Waals surface area contributed by atoms with E-state index in [1.807, 2.05) is 6.26 Å². The Bertz CT molecular complexity index is 589. The van der Waals surface area contributed by atoms with Crippen LogP contribution in [-0.2, 0) is 14.8 Å². The molecule has 1 rings (SSSR count). The van der Waals surface area contributed by atoms with Gasteiger partial charge in [-0.05, 0) is 43.0 Å². The first-order valence-corrected chi connectivity index (χ1v) is 9.03. The van der Waals surface area contributed by atoms with E-state index in [2.05, 4.69) is 4.72 Å². The van der Waals surface area contributed by atoms with Gasteiger partial charge in [-0.3, -0.25) is 4.79 Å². The van der Waals surface area contributed by atoms with Crippen molar-refractivity contribution in [3.8, 4) is 0 Å². The number of hydrogen-bond donors (Lipinski definition) is 2. The molecule has 8 heteroatoms. The van der Waals surface area contributed by atoms with Crippen molar-refractivity contribution in [2.45, 2.75) is 24.3 Å². The second kappa shape index (κ2) is 7.31. The lowest BCUT2D eigenvalue weighted by Gasteiger charge is -2.15. The number of thioether (sulfide) groups is 1. The van der Waals surface area contributed by atoms with Gasteiger partial charge in [-0.2, -0.15) is 16.5 Å². The summed E-state index contributed by atoms with van der Waals surface area (Å²) in [6.45, 7) is 1.63. The van der Waals surface area contributed by atoms with Gasteiger partial charge in [0.05, 0.1) is 4.90 Å². The smallest absolute Gasteiger partial charge is 0.321 e. The van der Waals surface area contributed by atoms with Crippen molar-refractivity contribution in [3.05, 3.63) is 28.8 Å². The number of sulfonamides is 1. The number of carbonyl (C=O) groups is 1. The van der Waals surface area contributed by atoms with Crippen molar-refractivity contribution in [2.75, 3.05) is 12.0 Å². The van der Waals surface area contributed by atoms with E-state index in [1.54, 1.807) is 19.1 Å². The largest absolute Gasteiger partial charge is 0.480 e. The Kier molecular flexibility index (Phi) is 6.32. The van der Waals surface area contributed by atoms with E-state index in [1.165, 1.54) is 17.8 Å². The fourth-order valence-corrected chi connectivity index (χ4v) is 3.79. The summed E-state index contributed by atoms with van der Waals surface area (Å²) in [5.41, 5.74) is 0.510. The molecule has 5 nitrogen and oxygen atoms in total. The van der Waals surface area contributed by atoms with Crippen molar-refractivity contribution < 1.29 is 18.3 Å². The van der Waals surface area contributed by atoms with Crippen LogP contribution >= 0.6 is 23.4 Å². The molecule has 1 aromatic carbocycles.